The molecule has 0 aliphatic rings. The van der Waals surface area contributed by atoms with Gasteiger partial charge in [0.2, 0.25) is 0 Å². The molecule has 4 nitrogen and oxygen atoms in total. The number of alkyl halides is 3. The van der Waals surface area contributed by atoms with E-state index < -0.39 is 23.7 Å². The van der Waals surface area contributed by atoms with Crippen LogP contribution in [0.15, 0.2) is 18.2 Å². The third-order valence-electron chi connectivity index (χ3n) is 2.37. The predicted molar refractivity (Wildman–Crippen MR) is 68.3 cm³/mol. The monoisotopic (exact) mass is 306 g/mol. The third kappa shape index (κ3) is 4.16. The number of Topliss-reactive ketones (excluding diaryl/α,β-unsaturated/α-hetero) is 1. The normalized spacial score (nSPS) is 12.1. The first kappa shape index (κ1) is 16.4. The Balaban J connectivity index is 3.20. The van der Waals surface area contributed by atoms with E-state index in [1.165, 1.54) is 19.1 Å². The van der Waals surface area contributed by atoms with Crippen LogP contribution in [0.2, 0.25) is 0 Å². The SMILES string of the molecule is CCOC(=O)c1ccc(OC(F)F)c(C(Cl)C(C)=O)c1. The molecule has 0 radical (unpaired) electrons. The fourth-order valence-corrected chi connectivity index (χ4v) is 1.68. The molecule has 1 rings (SSSR count). The highest BCUT2D eigenvalue weighted by Crippen LogP contribution is 2.32. The number of esters is 1. The van der Waals surface area contributed by atoms with Crippen LogP contribution >= 0.6 is 11.6 Å². The van der Waals surface area contributed by atoms with Crippen LogP contribution < -0.4 is 4.74 Å². The maximum absolute atomic E-state index is 12.3. The number of ketones is 1. The minimum absolute atomic E-state index is 0.00465. The van der Waals surface area contributed by atoms with Gasteiger partial charge in [-0.25, -0.2) is 4.79 Å². The van der Waals surface area contributed by atoms with E-state index in [-0.39, 0.29) is 23.5 Å². The van der Waals surface area contributed by atoms with Crippen molar-refractivity contribution >= 4 is 23.4 Å². The highest BCUT2D eigenvalue weighted by molar-refractivity contribution is 6.31. The van der Waals surface area contributed by atoms with Crippen LogP contribution in [0.4, 0.5) is 8.78 Å². The molecule has 0 heterocycles. The molecule has 1 aromatic rings. The van der Waals surface area contributed by atoms with Gasteiger partial charge in [0.25, 0.3) is 0 Å². The second kappa shape index (κ2) is 7.19. The van der Waals surface area contributed by atoms with Gasteiger partial charge in [-0.3, -0.25) is 4.79 Å². The Hall–Kier alpha value is -1.69. The Morgan fingerprint density at radius 1 is 1.35 bits per heavy atom. The standard InChI is InChI=1S/C13H13ClF2O4/c1-3-19-12(18)8-4-5-10(20-13(15)16)9(6-8)11(14)7(2)17/h4-6,11,13H,3H2,1-2H3. The lowest BCUT2D eigenvalue weighted by molar-refractivity contribution is -0.116. The van der Waals surface area contributed by atoms with Gasteiger partial charge in [0.1, 0.15) is 11.1 Å². The molecule has 0 bridgehead atoms. The molecular weight excluding hydrogens is 294 g/mol. The second-order valence-electron chi connectivity index (χ2n) is 3.82. The second-order valence-corrected chi connectivity index (χ2v) is 4.26. The predicted octanol–water partition coefficient (Wildman–Crippen LogP) is 3.33. The fourth-order valence-electron chi connectivity index (χ4n) is 1.51. The van der Waals surface area contributed by atoms with E-state index in [9.17, 15) is 18.4 Å². The number of benzene rings is 1. The van der Waals surface area contributed by atoms with Crippen LogP contribution in [0.5, 0.6) is 5.75 Å². The van der Waals surface area contributed by atoms with E-state index in [1.807, 2.05) is 0 Å². The fraction of sp³-hybridized carbons (Fsp3) is 0.385. The van der Waals surface area contributed by atoms with Gasteiger partial charge in [-0.2, -0.15) is 8.78 Å². The van der Waals surface area contributed by atoms with Crippen LogP contribution in [-0.2, 0) is 9.53 Å². The Morgan fingerprint density at radius 2 is 2.00 bits per heavy atom. The smallest absolute Gasteiger partial charge is 0.387 e. The van der Waals surface area contributed by atoms with E-state index >= 15 is 0 Å². The van der Waals surface area contributed by atoms with Crippen molar-refractivity contribution < 1.29 is 27.8 Å². The average molecular weight is 307 g/mol. The summed E-state index contributed by atoms with van der Waals surface area (Å²) >= 11 is 5.86. The van der Waals surface area contributed by atoms with Gasteiger partial charge >= 0.3 is 12.6 Å². The molecule has 1 aromatic carbocycles. The summed E-state index contributed by atoms with van der Waals surface area (Å²) in [5.41, 5.74) is 0.111. The van der Waals surface area contributed by atoms with E-state index in [2.05, 4.69) is 4.74 Å². The number of carbonyl (C=O) groups is 2. The van der Waals surface area contributed by atoms with Crippen molar-refractivity contribution in [2.24, 2.45) is 0 Å². The van der Waals surface area contributed by atoms with Crippen molar-refractivity contribution in [2.45, 2.75) is 25.8 Å². The van der Waals surface area contributed by atoms with Crippen LogP contribution in [0.3, 0.4) is 0 Å². The lowest BCUT2D eigenvalue weighted by atomic mass is 10.0. The number of carbonyl (C=O) groups excluding carboxylic acids is 2. The zero-order valence-corrected chi connectivity index (χ0v) is 11.6. The van der Waals surface area contributed by atoms with Gasteiger partial charge in [0, 0.05) is 5.56 Å². The van der Waals surface area contributed by atoms with Crippen molar-refractivity contribution in [3.63, 3.8) is 0 Å². The summed E-state index contributed by atoms with van der Waals surface area (Å²) in [5.74, 6) is -1.33. The molecule has 0 aliphatic carbocycles. The summed E-state index contributed by atoms with van der Waals surface area (Å²) in [6.45, 7) is -0.0491. The largest absolute Gasteiger partial charge is 0.462 e. The lowest BCUT2D eigenvalue weighted by Crippen LogP contribution is -2.11. The first-order valence-electron chi connectivity index (χ1n) is 5.77. The van der Waals surface area contributed by atoms with Gasteiger partial charge in [0.05, 0.1) is 12.2 Å². The molecule has 0 aromatic heterocycles. The van der Waals surface area contributed by atoms with E-state index in [4.69, 9.17) is 16.3 Å². The van der Waals surface area contributed by atoms with Gasteiger partial charge in [-0.15, -0.1) is 11.6 Å². The number of ether oxygens (including phenoxy) is 2. The van der Waals surface area contributed by atoms with Crippen molar-refractivity contribution in [1.29, 1.82) is 0 Å². The summed E-state index contributed by atoms with van der Waals surface area (Å²) in [7, 11) is 0. The zero-order valence-electron chi connectivity index (χ0n) is 10.9. The number of hydrogen-bond donors (Lipinski definition) is 0. The maximum Gasteiger partial charge on any atom is 0.387 e. The van der Waals surface area contributed by atoms with Crippen LogP contribution in [0.1, 0.15) is 35.1 Å². The number of rotatable bonds is 6. The van der Waals surface area contributed by atoms with Crippen LogP contribution in [0, 0.1) is 0 Å². The Morgan fingerprint density at radius 3 is 2.50 bits per heavy atom. The highest BCUT2D eigenvalue weighted by Gasteiger charge is 2.22. The van der Waals surface area contributed by atoms with Crippen molar-refractivity contribution in [2.75, 3.05) is 6.61 Å². The topological polar surface area (TPSA) is 52.6 Å². The lowest BCUT2D eigenvalue weighted by Gasteiger charge is -2.14. The van der Waals surface area contributed by atoms with Gasteiger partial charge < -0.3 is 9.47 Å². The zero-order chi connectivity index (χ0) is 15.3. The Kier molecular flexibility index (Phi) is 5.88. The molecule has 7 heteroatoms. The molecule has 1 unspecified atom stereocenters. The quantitative estimate of drug-likeness (QED) is 0.597. The molecule has 0 amide bonds. The van der Waals surface area contributed by atoms with Gasteiger partial charge in [-0.05, 0) is 32.0 Å². The van der Waals surface area contributed by atoms with Crippen molar-refractivity contribution in [3.05, 3.63) is 29.3 Å². The van der Waals surface area contributed by atoms with Crippen molar-refractivity contribution in [3.8, 4) is 5.75 Å². The van der Waals surface area contributed by atoms with Gasteiger partial charge in [-0.1, -0.05) is 0 Å². The number of hydrogen-bond acceptors (Lipinski definition) is 4. The first-order valence-corrected chi connectivity index (χ1v) is 6.20. The van der Waals surface area contributed by atoms with Crippen LogP contribution in [-0.4, -0.2) is 25.0 Å². The summed E-state index contributed by atoms with van der Waals surface area (Å²) in [6.07, 6.45) is 0. The minimum atomic E-state index is -3.06. The molecule has 0 saturated heterocycles. The summed E-state index contributed by atoms with van der Waals surface area (Å²) in [6, 6.07) is 3.64. The molecule has 1 atom stereocenters. The van der Waals surface area contributed by atoms with Crippen molar-refractivity contribution in [1.82, 2.24) is 0 Å². The summed E-state index contributed by atoms with van der Waals surface area (Å²) < 4.78 is 33.7. The van der Waals surface area contributed by atoms with Gasteiger partial charge in [0.15, 0.2) is 5.78 Å². The van der Waals surface area contributed by atoms with E-state index in [0.29, 0.717) is 0 Å². The maximum atomic E-state index is 12.3. The number of halogens is 3. The average Bonchev–Trinajstić information content (AvgIpc) is 2.37. The molecule has 0 N–H and O–H groups in total. The molecule has 0 spiro atoms. The van der Waals surface area contributed by atoms with Crippen LogP contribution in [0.25, 0.3) is 0 Å². The first-order chi connectivity index (χ1) is 9.36. The van der Waals surface area contributed by atoms with E-state index in [0.717, 1.165) is 6.07 Å². The molecule has 0 saturated carbocycles. The third-order valence-corrected chi connectivity index (χ3v) is 2.91. The minimum Gasteiger partial charge on any atom is -0.462 e. The molecule has 0 aliphatic heterocycles. The highest BCUT2D eigenvalue weighted by atomic mass is 35.5. The molecule has 0 fully saturated rings. The summed E-state index contributed by atoms with van der Waals surface area (Å²) in [5, 5.41) is -1.18. The molecule has 20 heavy (non-hydrogen) atoms. The summed E-state index contributed by atoms with van der Waals surface area (Å²) in [4.78, 5) is 22.9. The molecular formula is C13H13ClF2O4. The Labute approximate surface area is 119 Å². The Bertz CT molecular complexity index is 505. The molecule has 110 valence electrons. The van der Waals surface area contributed by atoms with E-state index in [1.54, 1.807) is 6.92 Å².